The molecule has 1 atom stereocenters. The number of benzene rings is 1. The minimum absolute atomic E-state index is 0.165. The summed E-state index contributed by atoms with van der Waals surface area (Å²) in [5.74, 6) is 1.77. The molecule has 0 spiro atoms. The largest absolute Gasteiger partial charge is 0.494 e. The maximum atomic E-state index is 6.28. The van der Waals surface area contributed by atoms with Crippen LogP contribution in [0.5, 0.6) is 5.75 Å². The standard InChI is InChI=1S/C15H23NO/c1-2-17-14-9-5-8-13(11-14)15(16)10-12-6-3-4-7-12/h5,8-9,11-12,15H,2-4,6-7,10,16H2,1H3. The highest BCUT2D eigenvalue weighted by atomic mass is 16.5. The Morgan fingerprint density at radius 3 is 2.82 bits per heavy atom. The van der Waals surface area contributed by atoms with Crippen molar-refractivity contribution in [2.75, 3.05) is 6.61 Å². The Morgan fingerprint density at radius 2 is 2.12 bits per heavy atom. The van der Waals surface area contributed by atoms with Crippen LogP contribution in [0.1, 0.15) is 50.6 Å². The molecule has 0 bridgehead atoms. The maximum Gasteiger partial charge on any atom is 0.119 e. The van der Waals surface area contributed by atoms with Crippen LogP contribution in [-0.2, 0) is 0 Å². The van der Waals surface area contributed by atoms with Crippen molar-refractivity contribution >= 4 is 0 Å². The fourth-order valence-electron chi connectivity index (χ4n) is 2.74. The summed E-state index contributed by atoms with van der Waals surface area (Å²) in [7, 11) is 0. The Balaban J connectivity index is 1.97. The first kappa shape index (κ1) is 12.4. The van der Waals surface area contributed by atoms with E-state index in [2.05, 4.69) is 12.1 Å². The Morgan fingerprint density at radius 1 is 1.35 bits per heavy atom. The zero-order valence-corrected chi connectivity index (χ0v) is 10.7. The van der Waals surface area contributed by atoms with Gasteiger partial charge in [-0.2, -0.15) is 0 Å². The van der Waals surface area contributed by atoms with Crippen molar-refractivity contribution in [1.82, 2.24) is 0 Å². The van der Waals surface area contributed by atoms with E-state index >= 15 is 0 Å². The number of ether oxygens (including phenoxy) is 1. The van der Waals surface area contributed by atoms with Gasteiger partial charge in [-0.25, -0.2) is 0 Å². The molecule has 0 radical (unpaired) electrons. The molecule has 2 N–H and O–H groups in total. The lowest BCUT2D eigenvalue weighted by Gasteiger charge is -2.17. The van der Waals surface area contributed by atoms with Gasteiger partial charge in [0, 0.05) is 6.04 Å². The second-order valence-electron chi connectivity index (χ2n) is 5.00. The third kappa shape index (κ3) is 3.47. The van der Waals surface area contributed by atoms with Gasteiger partial charge >= 0.3 is 0 Å². The molecule has 94 valence electrons. The Kier molecular flexibility index (Phi) is 4.43. The molecule has 0 aliphatic heterocycles. The smallest absolute Gasteiger partial charge is 0.119 e. The topological polar surface area (TPSA) is 35.2 Å². The summed E-state index contributed by atoms with van der Waals surface area (Å²) in [5.41, 5.74) is 7.50. The lowest BCUT2D eigenvalue weighted by atomic mass is 9.94. The second kappa shape index (κ2) is 6.06. The molecule has 1 unspecified atom stereocenters. The van der Waals surface area contributed by atoms with Crippen LogP contribution in [0.2, 0.25) is 0 Å². The molecule has 1 aliphatic carbocycles. The molecule has 1 aromatic carbocycles. The third-order valence-corrected chi connectivity index (χ3v) is 3.66. The molecule has 1 aliphatic rings. The van der Waals surface area contributed by atoms with Gasteiger partial charge in [-0.05, 0) is 37.0 Å². The highest BCUT2D eigenvalue weighted by Gasteiger charge is 2.19. The minimum atomic E-state index is 0.165. The van der Waals surface area contributed by atoms with Crippen LogP contribution in [0.3, 0.4) is 0 Å². The lowest BCUT2D eigenvalue weighted by molar-refractivity contribution is 0.339. The van der Waals surface area contributed by atoms with Crippen LogP contribution in [0.25, 0.3) is 0 Å². The van der Waals surface area contributed by atoms with Gasteiger partial charge in [-0.15, -0.1) is 0 Å². The van der Waals surface area contributed by atoms with Crippen LogP contribution in [0.15, 0.2) is 24.3 Å². The van der Waals surface area contributed by atoms with Crippen molar-refractivity contribution in [2.45, 2.75) is 45.1 Å². The van der Waals surface area contributed by atoms with E-state index in [1.165, 1.54) is 31.2 Å². The highest BCUT2D eigenvalue weighted by Crippen LogP contribution is 2.32. The molecule has 1 saturated carbocycles. The van der Waals surface area contributed by atoms with Crippen molar-refractivity contribution < 1.29 is 4.74 Å². The van der Waals surface area contributed by atoms with E-state index in [0.29, 0.717) is 6.61 Å². The van der Waals surface area contributed by atoms with E-state index in [0.717, 1.165) is 18.1 Å². The van der Waals surface area contributed by atoms with Crippen molar-refractivity contribution in [3.63, 3.8) is 0 Å². The minimum Gasteiger partial charge on any atom is -0.494 e. The zero-order chi connectivity index (χ0) is 12.1. The summed E-state index contributed by atoms with van der Waals surface area (Å²) in [4.78, 5) is 0. The zero-order valence-electron chi connectivity index (χ0n) is 10.7. The van der Waals surface area contributed by atoms with Crippen molar-refractivity contribution in [2.24, 2.45) is 11.7 Å². The summed E-state index contributed by atoms with van der Waals surface area (Å²) in [6.45, 7) is 2.71. The summed E-state index contributed by atoms with van der Waals surface area (Å²) in [5, 5.41) is 0. The van der Waals surface area contributed by atoms with E-state index in [9.17, 15) is 0 Å². The molecular formula is C15H23NO. The SMILES string of the molecule is CCOc1cccc(C(N)CC2CCCC2)c1. The molecule has 1 fully saturated rings. The first-order chi connectivity index (χ1) is 8.29. The molecule has 2 rings (SSSR count). The average molecular weight is 233 g/mol. The quantitative estimate of drug-likeness (QED) is 0.842. The molecular weight excluding hydrogens is 210 g/mol. The fourth-order valence-corrected chi connectivity index (χ4v) is 2.74. The van der Waals surface area contributed by atoms with Crippen molar-refractivity contribution in [1.29, 1.82) is 0 Å². The predicted octanol–water partition coefficient (Wildman–Crippen LogP) is 3.67. The number of hydrogen-bond acceptors (Lipinski definition) is 2. The summed E-state index contributed by atoms with van der Waals surface area (Å²) in [6, 6.07) is 8.40. The van der Waals surface area contributed by atoms with Gasteiger partial charge in [0.05, 0.1) is 6.61 Å². The molecule has 0 amide bonds. The number of nitrogens with two attached hydrogens (primary N) is 1. The molecule has 2 nitrogen and oxygen atoms in total. The molecule has 1 aromatic rings. The van der Waals surface area contributed by atoms with Crippen LogP contribution in [0, 0.1) is 5.92 Å². The van der Waals surface area contributed by atoms with Gasteiger partial charge in [0.15, 0.2) is 0 Å². The van der Waals surface area contributed by atoms with Crippen molar-refractivity contribution in [3.05, 3.63) is 29.8 Å². The lowest BCUT2D eigenvalue weighted by Crippen LogP contribution is -2.14. The molecule has 0 saturated heterocycles. The third-order valence-electron chi connectivity index (χ3n) is 3.66. The van der Waals surface area contributed by atoms with Gasteiger partial charge in [0.2, 0.25) is 0 Å². The van der Waals surface area contributed by atoms with Crippen LogP contribution >= 0.6 is 0 Å². The molecule has 17 heavy (non-hydrogen) atoms. The van der Waals surface area contributed by atoms with Crippen LogP contribution < -0.4 is 10.5 Å². The first-order valence-electron chi connectivity index (χ1n) is 6.78. The van der Waals surface area contributed by atoms with E-state index in [1.807, 2.05) is 19.1 Å². The number of hydrogen-bond donors (Lipinski definition) is 1. The maximum absolute atomic E-state index is 6.28. The van der Waals surface area contributed by atoms with E-state index in [4.69, 9.17) is 10.5 Å². The van der Waals surface area contributed by atoms with Gasteiger partial charge in [-0.1, -0.05) is 37.8 Å². The van der Waals surface area contributed by atoms with Gasteiger partial charge in [-0.3, -0.25) is 0 Å². The van der Waals surface area contributed by atoms with E-state index in [1.54, 1.807) is 0 Å². The summed E-state index contributed by atoms with van der Waals surface area (Å²) < 4.78 is 5.51. The highest BCUT2D eigenvalue weighted by molar-refractivity contribution is 5.30. The number of rotatable bonds is 5. The normalized spacial score (nSPS) is 18.2. The summed E-state index contributed by atoms with van der Waals surface area (Å²) in [6.07, 6.45) is 6.61. The predicted molar refractivity (Wildman–Crippen MR) is 71.1 cm³/mol. The fraction of sp³-hybridized carbons (Fsp3) is 0.600. The first-order valence-corrected chi connectivity index (χ1v) is 6.78. The van der Waals surface area contributed by atoms with Crippen molar-refractivity contribution in [3.8, 4) is 5.75 Å². The van der Waals surface area contributed by atoms with Gasteiger partial charge < -0.3 is 10.5 Å². The molecule has 2 heteroatoms. The van der Waals surface area contributed by atoms with Crippen LogP contribution in [0.4, 0.5) is 0 Å². The Bertz CT molecular complexity index is 345. The monoisotopic (exact) mass is 233 g/mol. The van der Waals surface area contributed by atoms with Gasteiger partial charge in [0.1, 0.15) is 5.75 Å². The van der Waals surface area contributed by atoms with E-state index in [-0.39, 0.29) is 6.04 Å². The average Bonchev–Trinajstić information content (AvgIpc) is 2.83. The van der Waals surface area contributed by atoms with E-state index < -0.39 is 0 Å². The Hall–Kier alpha value is -1.02. The van der Waals surface area contributed by atoms with Crippen LogP contribution in [-0.4, -0.2) is 6.61 Å². The van der Waals surface area contributed by atoms with Gasteiger partial charge in [0.25, 0.3) is 0 Å². The second-order valence-corrected chi connectivity index (χ2v) is 5.00. The molecule has 0 heterocycles. The Labute approximate surface area is 104 Å². The molecule has 0 aromatic heterocycles. The summed E-state index contributed by atoms with van der Waals surface area (Å²) >= 11 is 0.